The molecule has 1 amide bonds. The lowest BCUT2D eigenvalue weighted by atomic mass is 10.1. The number of hydrogen-bond acceptors (Lipinski definition) is 3. The Morgan fingerprint density at radius 1 is 1.42 bits per heavy atom. The minimum Gasteiger partial charge on any atom is -0.467 e. The molecule has 102 valence electrons. The van der Waals surface area contributed by atoms with Crippen molar-refractivity contribution in [3.63, 3.8) is 0 Å². The molecule has 0 aliphatic rings. The number of amides is 1. The molecule has 0 aromatic heterocycles. The van der Waals surface area contributed by atoms with Crippen LogP contribution in [-0.4, -0.2) is 25.0 Å². The topological polar surface area (TPSA) is 55.4 Å². The van der Waals surface area contributed by atoms with Gasteiger partial charge in [0, 0.05) is 0 Å². The summed E-state index contributed by atoms with van der Waals surface area (Å²) in [5.41, 5.74) is 0.668. The van der Waals surface area contributed by atoms with Crippen LogP contribution in [0.3, 0.4) is 0 Å². The molecule has 1 aromatic carbocycles. The van der Waals surface area contributed by atoms with Crippen LogP contribution in [0.4, 0.5) is 4.39 Å². The van der Waals surface area contributed by atoms with Crippen LogP contribution in [0.15, 0.2) is 36.9 Å². The highest BCUT2D eigenvalue weighted by atomic mass is 19.1. The van der Waals surface area contributed by atoms with Gasteiger partial charge in [-0.3, -0.25) is 4.79 Å². The Morgan fingerprint density at radius 3 is 2.58 bits per heavy atom. The molecule has 1 atom stereocenters. The van der Waals surface area contributed by atoms with Crippen LogP contribution in [0.2, 0.25) is 0 Å². The summed E-state index contributed by atoms with van der Waals surface area (Å²) in [6.07, 6.45) is 1.90. The summed E-state index contributed by atoms with van der Waals surface area (Å²) in [6.45, 7) is 3.52. The lowest BCUT2D eigenvalue weighted by Gasteiger charge is -2.14. The van der Waals surface area contributed by atoms with Crippen LogP contribution in [0, 0.1) is 5.82 Å². The molecule has 0 saturated heterocycles. The number of carbonyl (C=O) groups excluding carboxylic acids is 2. The van der Waals surface area contributed by atoms with Crippen molar-refractivity contribution < 1.29 is 18.7 Å². The molecule has 1 N–H and O–H groups in total. The minimum absolute atomic E-state index is 0.0743. The molecule has 0 radical (unpaired) electrons. The first-order chi connectivity index (χ1) is 9.06. The van der Waals surface area contributed by atoms with Crippen LogP contribution in [0.25, 0.3) is 0 Å². The average Bonchev–Trinajstić information content (AvgIpc) is 2.40. The molecule has 0 spiro atoms. The van der Waals surface area contributed by atoms with Crippen molar-refractivity contribution in [1.29, 1.82) is 0 Å². The van der Waals surface area contributed by atoms with Crippen molar-refractivity contribution in [2.24, 2.45) is 0 Å². The zero-order valence-corrected chi connectivity index (χ0v) is 10.7. The van der Waals surface area contributed by atoms with Gasteiger partial charge in [-0.05, 0) is 24.1 Å². The largest absolute Gasteiger partial charge is 0.467 e. The fourth-order valence-corrected chi connectivity index (χ4v) is 1.56. The smallest absolute Gasteiger partial charge is 0.328 e. The molecule has 0 aliphatic heterocycles. The van der Waals surface area contributed by atoms with E-state index in [2.05, 4.69) is 16.6 Å². The Balaban J connectivity index is 2.59. The fraction of sp³-hybridized carbons (Fsp3) is 0.286. The van der Waals surface area contributed by atoms with Gasteiger partial charge in [-0.25, -0.2) is 9.18 Å². The number of ether oxygens (including phenoxy) is 1. The number of rotatable bonds is 6. The van der Waals surface area contributed by atoms with E-state index in [0.29, 0.717) is 12.0 Å². The Morgan fingerprint density at radius 2 is 2.05 bits per heavy atom. The second-order valence-corrected chi connectivity index (χ2v) is 3.97. The van der Waals surface area contributed by atoms with E-state index in [1.165, 1.54) is 37.5 Å². The van der Waals surface area contributed by atoms with Gasteiger partial charge in [0.1, 0.15) is 11.9 Å². The summed E-state index contributed by atoms with van der Waals surface area (Å²) in [4.78, 5) is 23.2. The molecule has 1 rings (SSSR count). The Kier molecular flexibility index (Phi) is 5.73. The molecule has 0 saturated carbocycles. The lowest BCUT2D eigenvalue weighted by molar-refractivity contribution is -0.144. The van der Waals surface area contributed by atoms with Gasteiger partial charge < -0.3 is 10.1 Å². The first kappa shape index (κ1) is 14.9. The van der Waals surface area contributed by atoms with Gasteiger partial charge in [0.2, 0.25) is 5.91 Å². The number of nitrogens with one attached hydrogen (secondary N) is 1. The second-order valence-electron chi connectivity index (χ2n) is 3.97. The SMILES string of the molecule is C=CC[C@@H](NC(=O)Cc1ccc(F)cc1)C(=O)OC. The van der Waals surface area contributed by atoms with E-state index >= 15 is 0 Å². The molecule has 0 aliphatic carbocycles. The van der Waals surface area contributed by atoms with E-state index in [4.69, 9.17) is 0 Å². The second kappa shape index (κ2) is 7.31. The van der Waals surface area contributed by atoms with Crippen molar-refractivity contribution in [1.82, 2.24) is 5.32 Å². The van der Waals surface area contributed by atoms with Crippen molar-refractivity contribution in [2.75, 3.05) is 7.11 Å². The van der Waals surface area contributed by atoms with Gasteiger partial charge in [-0.1, -0.05) is 18.2 Å². The van der Waals surface area contributed by atoms with Crippen molar-refractivity contribution >= 4 is 11.9 Å². The molecule has 19 heavy (non-hydrogen) atoms. The predicted octanol–water partition coefficient (Wildman–Crippen LogP) is 1.60. The summed E-state index contributed by atoms with van der Waals surface area (Å²) in [5, 5.41) is 2.55. The molecule has 0 bridgehead atoms. The van der Waals surface area contributed by atoms with Crippen LogP contribution >= 0.6 is 0 Å². The maximum Gasteiger partial charge on any atom is 0.328 e. The van der Waals surface area contributed by atoms with E-state index in [-0.39, 0.29) is 18.1 Å². The van der Waals surface area contributed by atoms with Gasteiger partial charge in [-0.2, -0.15) is 0 Å². The monoisotopic (exact) mass is 265 g/mol. The molecular formula is C14H16FNO3. The predicted molar refractivity (Wildman–Crippen MR) is 68.9 cm³/mol. The minimum atomic E-state index is -0.740. The summed E-state index contributed by atoms with van der Waals surface area (Å²) >= 11 is 0. The van der Waals surface area contributed by atoms with Crippen molar-refractivity contribution in [3.8, 4) is 0 Å². The van der Waals surface area contributed by atoms with Gasteiger partial charge in [-0.15, -0.1) is 6.58 Å². The van der Waals surface area contributed by atoms with Gasteiger partial charge in [0.15, 0.2) is 0 Å². The normalized spacial score (nSPS) is 11.5. The zero-order chi connectivity index (χ0) is 14.3. The molecule has 1 aromatic rings. The molecule has 0 heterocycles. The number of halogens is 1. The Bertz CT molecular complexity index is 456. The number of benzene rings is 1. The maximum absolute atomic E-state index is 12.7. The highest BCUT2D eigenvalue weighted by Gasteiger charge is 2.19. The summed E-state index contributed by atoms with van der Waals surface area (Å²) < 4.78 is 17.3. The number of methoxy groups -OCH3 is 1. The van der Waals surface area contributed by atoms with Crippen LogP contribution < -0.4 is 5.32 Å². The average molecular weight is 265 g/mol. The summed E-state index contributed by atoms with van der Waals surface area (Å²) in [5.74, 6) is -1.21. The number of hydrogen-bond donors (Lipinski definition) is 1. The highest BCUT2D eigenvalue weighted by Crippen LogP contribution is 2.04. The van der Waals surface area contributed by atoms with Crippen molar-refractivity contribution in [2.45, 2.75) is 18.9 Å². The van der Waals surface area contributed by atoms with E-state index in [1.54, 1.807) is 0 Å². The molecule has 0 unspecified atom stereocenters. The van der Waals surface area contributed by atoms with E-state index in [1.807, 2.05) is 0 Å². The number of esters is 1. The fourth-order valence-electron chi connectivity index (χ4n) is 1.56. The van der Waals surface area contributed by atoms with E-state index in [0.717, 1.165) is 0 Å². The van der Waals surface area contributed by atoms with Crippen LogP contribution in [0.1, 0.15) is 12.0 Å². The first-order valence-corrected chi connectivity index (χ1v) is 5.79. The third kappa shape index (κ3) is 4.91. The molecule has 5 heteroatoms. The first-order valence-electron chi connectivity index (χ1n) is 5.79. The standard InChI is InChI=1S/C14H16FNO3/c1-3-4-12(14(18)19-2)16-13(17)9-10-5-7-11(15)8-6-10/h3,5-8,12H,1,4,9H2,2H3,(H,16,17)/t12-/m1/s1. The van der Waals surface area contributed by atoms with Gasteiger partial charge >= 0.3 is 5.97 Å². The quantitative estimate of drug-likeness (QED) is 0.628. The van der Waals surface area contributed by atoms with Crippen molar-refractivity contribution in [3.05, 3.63) is 48.3 Å². The third-order valence-corrected chi connectivity index (χ3v) is 2.50. The van der Waals surface area contributed by atoms with Crippen LogP contribution in [-0.2, 0) is 20.7 Å². The van der Waals surface area contributed by atoms with E-state index < -0.39 is 12.0 Å². The highest BCUT2D eigenvalue weighted by molar-refractivity contribution is 5.85. The maximum atomic E-state index is 12.7. The van der Waals surface area contributed by atoms with Gasteiger partial charge in [0.25, 0.3) is 0 Å². The van der Waals surface area contributed by atoms with Gasteiger partial charge in [0.05, 0.1) is 13.5 Å². The zero-order valence-electron chi connectivity index (χ0n) is 10.7. The van der Waals surface area contributed by atoms with Crippen LogP contribution in [0.5, 0.6) is 0 Å². The molecule has 4 nitrogen and oxygen atoms in total. The third-order valence-electron chi connectivity index (χ3n) is 2.50. The Labute approximate surface area is 111 Å². The van der Waals surface area contributed by atoms with E-state index in [9.17, 15) is 14.0 Å². The number of carbonyl (C=O) groups is 2. The Hall–Kier alpha value is -2.17. The lowest BCUT2D eigenvalue weighted by Crippen LogP contribution is -2.41. The molecular weight excluding hydrogens is 249 g/mol. The molecule has 0 fully saturated rings. The summed E-state index contributed by atoms with van der Waals surface area (Å²) in [6, 6.07) is 4.87. The summed E-state index contributed by atoms with van der Waals surface area (Å²) in [7, 11) is 1.25.